The molecule has 5 nitrogen and oxygen atoms in total. The van der Waals surface area contributed by atoms with Crippen LogP contribution in [0.4, 0.5) is 5.69 Å². The Kier molecular flexibility index (Phi) is 4.37. The number of hydrogen-bond acceptors (Lipinski definition) is 4. The Balaban J connectivity index is 1.72. The van der Waals surface area contributed by atoms with E-state index in [9.17, 15) is 4.79 Å². The third-order valence-electron chi connectivity index (χ3n) is 3.71. The second kappa shape index (κ2) is 6.60. The molecule has 1 aliphatic rings. The first-order valence-electron chi connectivity index (χ1n) is 7.49. The van der Waals surface area contributed by atoms with Gasteiger partial charge in [-0.05, 0) is 42.3 Å². The number of aryl methyl sites for hydroxylation is 1. The Morgan fingerprint density at radius 2 is 1.91 bits per heavy atom. The molecule has 3 rings (SSSR count). The minimum absolute atomic E-state index is 0.0852. The van der Waals surface area contributed by atoms with Gasteiger partial charge in [0.05, 0.1) is 13.5 Å². The van der Waals surface area contributed by atoms with Crippen LogP contribution in [0.25, 0.3) is 0 Å². The molecule has 2 aromatic carbocycles. The van der Waals surface area contributed by atoms with Gasteiger partial charge in [0.2, 0.25) is 5.91 Å². The van der Waals surface area contributed by atoms with Crippen molar-refractivity contribution in [2.75, 3.05) is 25.6 Å². The number of benzene rings is 2. The molecule has 0 unspecified atom stereocenters. The molecule has 0 fully saturated rings. The van der Waals surface area contributed by atoms with Gasteiger partial charge in [-0.3, -0.25) is 4.79 Å². The number of anilines is 1. The van der Waals surface area contributed by atoms with E-state index < -0.39 is 0 Å². The molecular formula is C18H19NO4. The molecule has 0 spiro atoms. The Morgan fingerprint density at radius 1 is 1.17 bits per heavy atom. The minimum Gasteiger partial charge on any atom is -0.497 e. The van der Waals surface area contributed by atoms with Crippen LogP contribution in [0, 0.1) is 6.92 Å². The van der Waals surface area contributed by atoms with E-state index >= 15 is 0 Å². The number of amides is 1. The van der Waals surface area contributed by atoms with E-state index in [1.54, 1.807) is 13.2 Å². The van der Waals surface area contributed by atoms with Gasteiger partial charge in [-0.1, -0.05) is 6.07 Å². The lowest BCUT2D eigenvalue weighted by atomic mass is 10.0. The van der Waals surface area contributed by atoms with Gasteiger partial charge in [0.1, 0.15) is 19.0 Å². The zero-order valence-corrected chi connectivity index (χ0v) is 13.2. The summed E-state index contributed by atoms with van der Waals surface area (Å²) in [7, 11) is 1.60. The van der Waals surface area contributed by atoms with E-state index in [2.05, 4.69) is 5.32 Å². The molecule has 2 aromatic rings. The average molecular weight is 313 g/mol. The lowest BCUT2D eigenvalue weighted by Crippen LogP contribution is -2.18. The first-order chi connectivity index (χ1) is 11.2. The van der Waals surface area contributed by atoms with Crippen molar-refractivity contribution in [3.63, 3.8) is 0 Å². The average Bonchev–Trinajstić information content (AvgIpc) is 2.55. The van der Waals surface area contributed by atoms with E-state index in [1.807, 2.05) is 37.3 Å². The second-order valence-corrected chi connectivity index (χ2v) is 5.38. The van der Waals surface area contributed by atoms with E-state index in [1.165, 1.54) is 0 Å². The maximum absolute atomic E-state index is 12.3. The highest BCUT2D eigenvalue weighted by molar-refractivity contribution is 5.92. The third-order valence-corrected chi connectivity index (χ3v) is 3.71. The predicted octanol–water partition coefficient (Wildman–Crippen LogP) is 2.96. The van der Waals surface area contributed by atoms with Crippen LogP contribution >= 0.6 is 0 Å². The van der Waals surface area contributed by atoms with Crippen LogP contribution in [-0.4, -0.2) is 26.2 Å². The summed E-state index contributed by atoms with van der Waals surface area (Å²) in [5.74, 6) is 2.06. The fraction of sp³-hybridized carbons (Fsp3) is 0.278. The van der Waals surface area contributed by atoms with Gasteiger partial charge in [-0.25, -0.2) is 0 Å². The van der Waals surface area contributed by atoms with Gasteiger partial charge in [-0.15, -0.1) is 0 Å². The fourth-order valence-electron chi connectivity index (χ4n) is 2.50. The molecule has 0 atom stereocenters. The van der Waals surface area contributed by atoms with Gasteiger partial charge in [0.15, 0.2) is 11.5 Å². The van der Waals surface area contributed by atoms with Crippen molar-refractivity contribution in [3.8, 4) is 17.2 Å². The standard InChI is InChI=1S/C18H19NO4/c1-12-8-16-17(23-7-6-22-16)9-13(12)10-18(20)19-14-4-3-5-15(11-14)21-2/h3-5,8-9,11H,6-7,10H2,1-2H3,(H,19,20). The number of carbonyl (C=O) groups excluding carboxylic acids is 1. The lowest BCUT2D eigenvalue weighted by molar-refractivity contribution is -0.115. The molecule has 0 aromatic heterocycles. The Hall–Kier alpha value is -2.69. The number of rotatable bonds is 4. The molecule has 1 aliphatic heterocycles. The molecule has 0 saturated carbocycles. The molecule has 0 bridgehead atoms. The second-order valence-electron chi connectivity index (χ2n) is 5.38. The van der Waals surface area contributed by atoms with Crippen LogP contribution < -0.4 is 19.5 Å². The van der Waals surface area contributed by atoms with Gasteiger partial charge in [-0.2, -0.15) is 0 Å². The van der Waals surface area contributed by atoms with Crippen LogP contribution in [0.15, 0.2) is 36.4 Å². The fourth-order valence-corrected chi connectivity index (χ4v) is 2.50. The number of fused-ring (bicyclic) bond motifs is 1. The zero-order valence-electron chi connectivity index (χ0n) is 13.2. The monoisotopic (exact) mass is 313 g/mol. The summed E-state index contributed by atoms with van der Waals surface area (Å²) in [4.78, 5) is 12.3. The molecule has 0 radical (unpaired) electrons. The Labute approximate surface area is 135 Å². The quantitative estimate of drug-likeness (QED) is 0.943. The van der Waals surface area contributed by atoms with Crippen molar-refractivity contribution in [2.45, 2.75) is 13.3 Å². The number of ether oxygens (including phenoxy) is 3. The molecular weight excluding hydrogens is 294 g/mol. The van der Waals surface area contributed by atoms with Gasteiger partial charge < -0.3 is 19.5 Å². The zero-order chi connectivity index (χ0) is 16.2. The first-order valence-corrected chi connectivity index (χ1v) is 7.49. The highest BCUT2D eigenvalue weighted by atomic mass is 16.6. The van der Waals surface area contributed by atoms with E-state index in [0.29, 0.717) is 30.4 Å². The summed E-state index contributed by atoms with van der Waals surface area (Å²) in [6.45, 7) is 3.06. The normalized spacial score (nSPS) is 12.6. The molecule has 0 aliphatic carbocycles. The number of hydrogen-bond donors (Lipinski definition) is 1. The van der Waals surface area contributed by atoms with Crippen LogP contribution in [0.3, 0.4) is 0 Å². The maximum atomic E-state index is 12.3. The Morgan fingerprint density at radius 3 is 2.65 bits per heavy atom. The lowest BCUT2D eigenvalue weighted by Gasteiger charge is -2.20. The van der Waals surface area contributed by atoms with Crippen LogP contribution in [0.5, 0.6) is 17.2 Å². The van der Waals surface area contributed by atoms with Crippen molar-refractivity contribution < 1.29 is 19.0 Å². The summed E-state index contributed by atoms with van der Waals surface area (Å²) in [6.07, 6.45) is 0.277. The summed E-state index contributed by atoms with van der Waals surface area (Å²) < 4.78 is 16.3. The van der Waals surface area contributed by atoms with Gasteiger partial charge >= 0.3 is 0 Å². The largest absolute Gasteiger partial charge is 0.497 e. The highest BCUT2D eigenvalue weighted by Crippen LogP contribution is 2.33. The SMILES string of the molecule is COc1cccc(NC(=O)Cc2cc3c(cc2C)OCCO3)c1. The van der Waals surface area contributed by atoms with E-state index in [0.717, 1.165) is 16.9 Å². The topological polar surface area (TPSA) is 56.8 Å². The molecule has 5 heteroatoms. The molecule has 1 amide bonds. The van der Waals surface area contributed by atoms with Crippen molar-refractivity contribution in [1.29, 1.82) is 0 Å². The summed E-state index contributed by atoms with van der Waals surface area (Å²) in [5.41, 5.74) is 2.65. The summed E-state index contributed by atoms with van der Waals surface area (Å²) >= 11 is 0. The van der Waals surface area contributed by atoms with Crippen LogP contribution in [-0.2, 0) is 11.2 Å². The number of methoxy groups -OCH3 is 1. The smallest absolute Gasteiger partial charge is 0.228 e. The maximum Gasteiger partial charge on any atom is 0.228 e. The van der Waals surface area contributed by atoms with Gasteiger partial charge in [0, 0.05) is 11.8 Å². The molecule has 0 saturated heterocycles. The molecule has 1 heterocycles. The molecule has 120 valence electrons. The van der Waals surface area contributed by atoms with Gasteiger partial charge in [0.25, 0.3) is 0 Å². The Bertz CT molecular complexity index is 727. The molecule has 1 N–H and O–H groups in total. The van der Waals surface area contributed by atoms with E-state index in [-0.39, 0.29) is 12.3 Å². The number of carbonyl (C=O) groups is 1. The van der Waals surface area contributed by atoms with Crippen molar-refractivity contribution >= 4 is 11.6 Å². The minimum atomic E-state index is -0.0852. The summed E-state index contributed by atoms with van der Waals surface area (Å²) in [6, 6.07) is 11.1. The highest BCUT2D eigenvalue weighted by Gasteiger charge is 2.16. The summed E-state index contributed by atoms with van der Waals surface area (Å²) in [5, 5.41) is 2.88. The third kappa shape index (κ3) is 3.56. The molecule has 23 heavy (non-hydrogen) atoms. The number of nitrogens with one attached hydrogen (secondary N) is 1. The van der Waals surface area contributed by atoms with Crippen LogP contribution in [0.2, 0.25) is 0 Å². The first kappa shape index (κ1) is 15.2. The van der Waals surface area contributed by atoms with Crippen molar-refractivity contribution in [1.82, 2.24) is 0 Å². The van der Waals surface area contributed by atoms with Crippen LogP contribution in [0.1, 0.15) is 11.1 Å². The van der Waals surface area contributed by atoms with E-state index in [4.69, 9.17) is 14.2 Å². The predicted molar refractivity (Wildman–Crippen MR) is 87.5 cm³/mol. The van der Waals surface area contributed by atoms with Crippen molar-refractivity contribution in [2.24, 2.45) is 0 Å². The van der Waals surface area contributed by atoms with Crippen molar-refractivity contribution in [3.05, 3.63) is 47.5 Å².